The lowest BCUT2D eigenvalue weighted by Crippen LogP contribution is -2.45. The second-order valence-electron chi connectivity index (χ2n) is 7.17. The summed E-state index contributed by atoms with van der Waals surface area (Å²) in [6.45, 7) is 1.37. The number of benzene rings is 2. The van der Waals surface area contributed by atoms with Crippen molar-refractivity contribution in [3.63, 3.8) is 0 Å². The van der Waals surface area contributed by atoms with Crippen LogP contribution in [0, 0.1) is 0 Å². The Kier molecular flexibility index (Phi) is 5.46. The minimum atomic E-state index is -0.0151. The van der Waals surface area contributed by atoms with Gasteiger partial charge < -0.3 is 19.9 Å². The first kappa shape index (κ1) is 18.3. The number of carbonyl (C=O) groups excluding carboxylic acids is 1. The molecule has 0 aliphatic carbocycles. The number of carbonyl (C=O) groups is 1. The molecule has 2 heterocycles. The lowest BCUT2D eigenvalue weighted by atomic mass is 10.0. The largest absolute Gasteiger partial charge is 0.497 e. The van der Waals surface area contributed by atoms with Gasteiger partial charge in [0.25, 0.3) is 0 Å². The van der Waals surface area contributed by atoms with Crippen molar-refractivity contribution < 1.29 is 9.53 Å². The summed E-state index contributed by atoms with van der Waals surface area (Å²) >= 11 is 0. The highest BCUT2D eigenvalue weighted by molar-refractivity contribution is 5.76. The molecule has 0 bridgehead atoms. The fraction of sp³-hybridized carbons (Fsp3) is 0.364. The van der Waals surface area contributed by atoms with Crippen LogP contribution < -0.4 is 10.1 Å². The van der Waals surface area contributed by atoms with Crippen molar-refractivity contribution in [1.82, 2.24) is 20.2 Å². The van der Waals surface area contributed by atoms with Crippen molar-refractivity contribution in [1.29, 1.82) is 0 Å². The predicted molar refractivity (Wildman–Crippen MR) is 109 cm³/mol. The Balaban J connectivity index is 1.39. The van der Waals surface area contributed by atoms with Gasteiger partial charge in [0.1, 0.15) is 11.6 Å². The normalized spacial score (nSPS) is 16.9. The Labute approximate surface area is 164 Å². The van der Waals surface area contributed by atoms with Crippen LogP contribution in [-0.4, -0.2) is 41.1 Å². The van der Waals surface area contributed by atoms with E-state index in [0.717, 1.165) is 54.8 Å². The Morgan fingerprint density at radius 2 is 2.04 bits per heavy atom. The SMILES string of the molecule is COc1ccc(CCNC(=O)N2CCCCC2c2nc3ccccc3[nH]2)cc1. The molecule has 0 spiro atoms. The molecule has 1 unspecified atom stereocenters. The van der Waals surface area contributed by atoms with E-state index in [1.807, 2.05) is 53.4 Å². The number of amides is 2. The number of nitrogens with one attached hydrogen (secondary N) is 2. The number of rotatable bonds is 5. The summed E-state index contributed by atoms with van der Waals surface area (Å²) in [6, 6.07) is 15.9. The highest BCUT2D eigenvalue weighted by Gasteiger charge is 2.30. The van der Waals surface area contributed by atoms with Gasteiger partial charge in [-0.25, -0.2) is 9.78 Å². The van der Waals surface area contributed by atoms with Crippen LogP contribution in [0.1, 0.15) is 36.7 Å². The Bertz CT molecular complexity index is 902. The zero-order valence-corrected chi connectivity index (χ0v) is 16.1. The molecule has 1 fully saturated rings. The predicted octanol–water partition coefficient (Wildman–Crippen LogP) is 4.05. The third kappa shape index (κ3) is 3.96. The number of aromatic nitrogens is 2. The van der Waals surface area contributed by atoms with E-state index in [0.29, 0.717) is 6.54 Å². The number of urea groups is 1. The third-order valence-corrected chi connectivity index (χ3v) is 5.34. The zero-order chi connectivity index (χ0) is 19.3. The molecule has 6 nitrogen and oxygen atoms in total. The molecule has 2 amide bonds. The van der Waals surface area contributed by atoms with Crippen LogP contribution in [0.5, 0.6) is 5.75 Å². The maximum Gasteiger partial charge on any atom is 0.318 e. The monoisotopic (exact) mass is 378 g/mol. The molecule has 0 radical (unpaired) electrons. The van der Waals surface area contributed by atoms with Crippen LogP contribution in [0.15, 0.2) is 48.5 Å². The molecule has 146 valence electrons. The first-order valence-electron chi connectivity index (χ1n) is 9.86. The van der Waals surface area contributed by atoms with E-state index in [-0.39, 0.29) is 12.1 Å². The zero-order valence-electron chi connectivity index (χ0n) is 16.1. The minimum Gasteiger partial charge on any atom is -0.497 e. The van der Waals surface area contributed by atoms with Gasteiger partial charge in [0.05, 0.1) is 24.2 Å². The molecule has 2 N–H and O–H groups in total. The number of imidazole rings is 1. The molecule has 2 aromatic carbocycles. The van der Waals surface area contributed by atoms with Gasteiger partial charge in [-0.2, -0.15) is 0 Å². The highest BCUT2D eigenvalue weighted by Crippen LogP contribution is 2.30. The first-order chi connectivity index (χ1) is 13.7. The van der Waals surface area contributed by atoms with Crippen molar-refractivity contribution in [2.24, 2.45) is 0 Å². The first-order valence-corrected chi connectivity index (χ1v) is 9.86. The molecule has 3 aromatic rings. The number of para-hydroxylation sites is 2. The summed E-state index contributed by atoms with van der Waals surface area (Å²) in [5.74, 6) is 1.72. The maximum absolute atomic E-state index is 12.8. The quantitative estimate of drug-likeness (QED) is 0.704. The van der Waals surface area contributed by atoms with E-state index in [1.54, 1.807) is 7.11 Å². The number of aromatic amines is 1. The second-order valence-corrected chi connectivity index (χ2v) is 7.17. The van der Waals surface area contributed by atoms with Crippen LogP contribution in [0.25, 0.3) is 11.0 Å². The van der Waals surface area contributed by atoms with Gasteiger partial charge in [-0.3, -0.25) is 0 Å². The van der Waals surface area contributed by atoms with Crippen LogP contribution in [0.2, 0.25) is 0 Å². The van der Waals surface area contributed by atoms with E-state index in [1.165, 1.54) is 5.56 Å². The fourth-order valence-electron chi connectivity index (χ4n) is 3.80. The summed E-state index contributed by atoms with van der Waals surface area (Å²) < 4.78 is 5.18. The van der Waals surface area contributed by atoms with Crippen molar-refractivity contribution >= 4 is 17.1 Å². The fourth-order valence-corrected chi connectivity index (χ4v) is 3.80. The van der Waals surface area contributed by atoms with Gasteiger partial charge in [-0.05, 0) is 55.5 Å². The summed E-state index contributed by atoms with van der Waals surface area (Å²) in [4.78, 5) is 22.9. The summed E-state index contributed by atoms with van der Waals surface area (Å²) in [5.41, 5.74) is 3.14. The van der Waals surface area contributed by atoms with Gasteiger partial charge >= 0.3 is 6.03 Å². The summed E-state index contributed by atoms with van der Waals surface area (Å²) in [5, 5.41) is 3.08. The summed E-state index contributed by atoms with van der Waals surface area (Å²) in [6.07, 6.45) is 3.87. The van der Waals surface area contributed by atoms with Gasteiger partial charge in [0.2, 0.25) is 0 Å². The van der Waals surface area contributed by atoms with Gasteiger partial charge in [0.15, 0.2) is 0 Å². The molecule has 1 aliphatic heterocycles. The van der Waals surface area contributed by atoms with Crippen LogP contribution in [0.3, 0.4) is 0 Å². The lowest BCUT2D eigenvalue weighted by molar-refractivity contribution is 0.148. The van der Waals surface area contributed by atoms with Crippen molar-refractivity contribution in [2.75, 3.05) is 20.2 Å². The number of nitrogens with zero attached hydrogens (tertiary/aromatic N) is 2. The number of H-pyrrole nitrogens is 1. The van der Waals surface area contributed by atoms with Gasteiger partial charge in [-0.15, -0.1) is 0 Å². The molecule has 1 aromatic heterocycles. The molecule has 1 saturated heterocycles. The third-order valence-electron chi connectivity index (χ3n) is 5.34. The van der Waals surface area contributed by atoms with E-state index < -0.39 is 0 Å². The van der Waals surface area contributed by atoms with E-state index in [4.69, 9.17) is 9.72 Å². The van der Waals surface area contributed by atoms with Crippen molar-refractivity contribution in [3.05, 3.63) is 59.9 Å². The van der Waals surface area contributed by atoms with Crippen molar-refractivity contribution in [3.8, 4) is 5.75 Å². The molecule has 1 atom stereocenters. The molecular formula is C22H26N4O2. The Morgan fingerprint density at radius 3 is 2.82 bits per heavy atom. The average molecular weight is 378 g/mol. The van der Waals surface area contributed by atoms with E-state index >= 15 is 0 Å². The van der Waals surface area contributed by atoms with Crippen LogP contribution in [-0.2, 0) is 6.42 Å². The van der Waals surface area contributed by atoms with Gasteiger partial charge in [-0.1, -0.05) is 24.3 Å². The Hall–Kier alpha value is -3.02. The number of likely N-dealkylation sites (tertiary alicyclic amines) is 1. The minimum absolute atomic E-state index is 0.00198. The van der Waals surface area contributed by atoms with E-state index in [2.05, 4.69) is 10.3 Å². The topological polar surface area (TPSA) is 70.2 Å². The smallest absolute Gasteiger partial charge is 0.318 e. The second kappa shape index (κ2) is 8.33. The van der Waals surface area contributed by atoms with Gasteiger partial charge in [0, 0.05) is 13.1 Å². The maximum atomic E-state index is 12.8. The summed E-state index contributed by atoms with van der Waals surface area (Å²) in [7, 11) is 1.66. The standard InChI is InChI=1S/C22H26N4O2/c1-28-17-11-9-16(10-12-17)13-14-23-22(27)26-15-5-4-8-20(26)21-24-18-6-2-3-7-19(18)25-21/h2-3,6-7,9-12,20H,4-5,8,13-15H2,1H3,(H,23,27)(H,24,25). The van der Waals surface area contributed by atoms with E-state index in [9.17, 15) is 4.79 Å². The molecule has 6 heteroatoms. The number of methoxy groups -OCH3 is 1. The van der Waals surface area contributed by atoms with Crippen molar-refractivity contribution in [2.45, 2.75) is 31.7 Å². The molecule has 28 heavy (non-hydrogen) atoms. The number of hydrogen-bond donors (Lipinski definition) is 2. The van der Waals surface area contributed by atoms with Crippen LogP contribution >= 0.6 is 0 Å². The number of hydrogen-bond acceptors (Lipinski definition) is 3. The average Bonchev–Trinajstić information content (AvgIpc) is 3.18. The number of fused-ring (bicyclic) bond motifs is 1. The lowest BCUT2D eigenvalue weighted by Gasteiger charge is -2.34. The van der Waals surface area contributed by atoms with Crippen LogP contribution in [0.4, 0.5) is 4.79 Å². The number of piperidine rings is 1. The number of ether oxygens (including phenoxy) is 1. The Morgan fingerprint density at radius 1 is 1.21 bits per heavy atom. The molecule has 4 rings (SSSR count). The molecule has 1 aliphatic rings. The molecular weight excluding hydrogens is 352 g/mol. The molecule has 0 saturated carbocycles. The highest BCUT2D eigenvalue weighted by atomic mass is 16.5.